The number of fused-ring (bicyclic) bond motifs is 1. The third-order valence-electron chi connectivity index (χ3n) is 2.38. The van der Waals surface area contributed by atoms with Gasteiger partial charge in [0.15, 0.2) is 0 Å². The average Bonchev–Trinajstić information content (AvgIpc) is 2.24. The quantitative estimate of drug-likeness (QED) is 0.506. The van der Waals surface area contributed by atoms with E-state index in [-0.39, 0.29) is 59.7 Å². The minimum Gasteiger partial charge on any atom is -0.744 e. The molecule has 0 atom stereocenters. The summed E-state index contributed by atoms with van der Waals surface area (Å²) in [5, 5.41) is -0.158. The first-order chi connectivity index (χ1) is 8.21. The van der Waals surface area contributed by atoms with E-state index in [1.807, 2.05) is 0 Å². The maximum atomic E-state index is 11.0. The van der Waals surface area contributed by atoms with Gasteiger partial charge >= 0.3 is 48.9 Å². The Labute approximate surface area is 150 Å². The largest absolute Gasteiger partial charge is 2.00 e. The summed E-state index contributed by atoms with van der Waals surface area (Å²) < 4.78 is 66.1. The van der Waals surface area contributed by atoms with Crippen molar-refractivity contribution < 1.29 is 25.9 Å². The SMILES string of the molecule is O=S(=O)([O-])c1cccc2c(S(=O)(=O)[O-])cccc12.[Ba+2]. The van der Waals surface area contributed by atoms with Crippen molar-refractivity contribution in [3.63, 3.8) is 0 Å². The van der Waals surface area contributed by atoms with E-state index < -0.39 is 30.0 Å². The van der Waals surface area contributed by atoms with Crippen LogP contribution in [0.1, 0.15) is 0 Å². The molecule has 2 aromatic carbocycles. The molecule has 0 heterocycles. The molecule has 0 bridgehead atoms. The third-order valence-corrected chi connectivity index (χ3v) is 4.17. The van der Waals surface area contributed by atoms with E-state index in [4.69, 9.17) is 0 Å². The van der Waals surface area contributed by atoms with Gasteiger partial charge in [-0.2, -0.15) is 0 Å². The minimum absolute atomic E-state index is 0. The second-order valence-corrected chi connectivity index (χ2v) is 6.21. The van der Waals surface area contributed by atoms with Gasteiger partial charge in [-0.25, -0.2) is 16.8 Å². The summed E-state index contributed by atoms with van der Waals surface area (Å²) in [4.78, 5) is -1.10. The zero-order chi connectivity index (χ0) is 13.6. The fourth-order valence-corrected chi connectivity index (χ4v) is 3.07. The summed E-state index contributed by atoms with van der Waals surface area (Å²) in [6.07, 6.45) is 0. The zero-order valence-corrected chi connectivity index (χ0v) is 15.5. The van der Waals surface area contributed by atoms with Crippen LogP contribution in [0.2, 0.25) is 0 Å². The van der Waals surface area contributed by atoms with Crippen molar-refractivity contribution in [2.75, 3.05) is 0 Å². The Bertz CT molecular complexity index is 755. The van der Waals surface area contributed by atoms with E-state index in [2.05, 4.69) is 0 Å². The molecule has 0 saturated carbocycles. The summed E-state index contributed by atoms with van der Waals surface area (Å²) in [6.45, 7) is 0. The minimum atomic E-state index is -4.74. The van der Waals surface area contributed by atoms with Crippen LogP contribution in [0.5, 0.6) is 0 Å². The number of benzene rings is 2. The molecule has 2 rings (SSSR count). The van der Waals surface area contributed by atoms with Crippen LogP contribution in [-0.4, -0.2) is 74.8 Å². The summed E-state index contributed by atoms with van der Waals surface area (Å²) in [6, 6.07) is 7.09. The standard InChI is InChI=1S/C10H8O6S2.Ba/c11-17(12,13)9-5-1-3-7-8(9)4-2-6-10(7)18(14,15)16;/h1-6H,(H,11,12,13)(H,14,15,16);/q;+2/p-2. The maximum Gasteiger partial charge on any atom is 2.00 e. The van der Waals surface area contributed by atoms with Gasteiger partial charge in [0.2, 0.25) is 0 Å². The van der Waals surface area contributed by atoms with E-state index in [9.17, 15) is 25.9 Å². The first-order valence-electron chi connectivity index (χ1n) is 4.65. The van der Waals surface area contributed by atoms with Gasteiger partial charge in [-0.3, -0.25) is 0 Å². The molecule has 0 N–H and O–H groups in total. The van der Waals surface area contributed by atoms with Crippen molar-refractivity contribution in [1.82, 2.24) is 0 Å². The number of rotatable bonds is 2. The molecule has 6 nitrogen and oxygen atoms in total. The molecule has 9 heteroatoms. The Balaban J connectivity index is 0.00000180. The molecule has 0 aliphatic carbocycles. The molecule has 0 aliphatic rings. The Morgan fingerprint density at radius 3 is 1.26 bits per heavy atom. The smallest absolute Gasteiger partial charge is 0.744 e. The topological polar surface area (TPSA) is 114 Å². The molecule has 0 amide bonds. The fourth-order valence-electron chi connectivity index (χ4n) is 1.69. The van der Waals surface area contributed by atoms with E-state index >= 15 is 0 Å². The zero-order valence-electron chi connectivity index (χ0n) is 9.44. The van der Waals surface area contributed by atoms with Crippen molar-refractivity contribution >= 4 is 79.9 Å². The average molecular weight is 424 g/mol. The predicted molar refractivity (Wildman–Crippen MR) is 65.6 cm³/mol. The molecule has 0 saturated heterocycles. The summed E-state index contributed by atoms with van der Waals surface area (Å²) in [7, 11) is -9.48. The van der Waals surface area contributed by atoms with Crippen molar-refractivity contribution in [2.45, 2.75) is 9.79 Å². The van der Waals surface area contributed by atoms with E-state index in [0.717, 1.165) is 12.1 Å². The van der Waals surface area contributed by atoms with Crippen LogP contribution in [0, 0.1) is 0 Å². The molecule has 0 fully saturated rings. The van der Waals surface area contributed by atoms with Crippen molar-refractivity contribution in [3.8, 4) is 0 Å². The van der Waals surface area contributed by atoms with Gasteiger partial charge in [-0.15, -0.1) is 0 Å². The van der Waals surface area contributed by atoms with Gasteiger partial charge in [-0.05, 0) is 12.1 Å². The molecule has 0 unspecified atom stereocenters. The molecule has 0 aliphatic heterocycles. The van der Waals surface area contributed by atoms with Gasteiger partial charge < -0.3 is 9.11 Å². The molecule has 19 heavy (non-hydrogen) atoms. The van der Waals surface area contributed by atoms with Crippen LogP contribution in [0.25, 0.3) is 10.8 Å². The van der Waals surface area contributed by atoms with Crippen molar-refractivity contribution in [3.05, 3.63) is 36.4 Å². The Morgan fingerprint density at radius 2 is 1.00 bits per heavy atom. The molecule has 0 aromatic heterocycles. The fraction of sp³-hybridized carbons (Fsp3) is 0. The van der Waals surface area contributed by atoms with Gasteiger partial charge in [-0.1, -0.05) is 24.3 Å². The second-order valence-electron chi connectivity index (χ2n) is 3.52. The van der Waals surface area contributed by atoms with Gasteiger partial charge in [0.25, 0.3) is 0 Å². The maximum absolute atomic E-state index is 11.0. The van der Waals surface area contributed by atoms with E-state index in [1.54, 1.807) is 0 Å². The first-order valence-corrected chi connectivity index (χ1v) is 7.46. The second kappa shape index (κ2) is 5.84. The molecule has 0 spiro atoms. The molecular formula is C10H6BaO6S2. The van der Waals surface area contributed by atoms with Crippen molar-refractivity contribution in [2.24, 2.45) is 0 Å². The Kier molecular flexibility index (Phi) is 5.27. The Morgan fingerprint density at radius 1 is 0.684 bits per heavy atom. The summed E-state index contributed by atoms with van der Waals surface area (Å²) in [5.41, 5.74) is 0. The van der Waals surface area contributed by atoms with E-state index in [1.165, 1.54) is 24.3 Å². The van der Waals surface area contributed by atoms with Crippen LogP contribution in [-0.2, 0) is 20.2 Å². The molecule has 0 radical (unpaired) electrons. The predicted octanol–water partition coefficient (Wildman–Crippen LogP) is 0.267. The number of hydrogen-bond acceptors (Lipinski definition) is 6. The first kappa shape index (κ1) is 17.1. The van der Waals surface area contributed by atoms with Crippen LogP contribution in [0.4, 0.5) is 0 Å². The van der Waals surface area contributed by atoms with Gasteiger partial charge in [0.05, 0.1) is 9.79 Å². The van der Waals surface area contributed by atoms with Crippen molar-refractivity contribution in [1.29, 1.82) is 0 Å². The number of hydrogen-bond donors (Lipinski definition) is 0. The van der Waals surface area contributed by atoms with Crippen LogP contribution in [0.15, 0.2) is 46.2 Å². The van der Waals surface area contributed by atoms with Crippen LogP contribution in [0.3, 0.4) is 0 Å². The van der Waals surface area contributed by atoms with Gasteiger partial charge in [0.1, 0.15) is 20.2 Å². The third kappa shape index (κ3) is 3.60. The Hall–Kier alpha value is 0.0914. The molecular weight excluding hydrogens is 418 g/mol. The van der Waals surface area contributed by atoms with E-state index in [0.29, 0.717) is 0 Å². The monoisotopic (exact) mass is 424 g/mol. The molecule has 96 valence electrons. The van der Waals surface area contributed by atoms with Crippen LogP contribution >= 0.6 is 0 Å². The summed E-state index contributed by atoms with van der Waals surface area (Å²) in [5.74, 6) is 0. The normalized spacial score (nSPS) is 12.1. The summed E-state index contributed by atoms with van der Waals surface area (Å²) >= 11 is 0. The van der Waals surface area contributed by atoms with Crippen LogP contribution < -0.4 is 0 Å². The molecule has 2 aromatic rings. The van der Waals surface area contributed by atoms with Gasteiger partial charge in [0, 0.05) is 10.8 Å².